The third-order valence-corrected chi connectivity index (χ3v) is 15.0. The molecule has 4 rings (SSSR count). The molecule has 0 aliphatic carbocycles. The van der Waals surface area contributed by atoms with E-state index in [9.17, 15) is 8.42 Å². The first kappa shape index (κ1) is 28.9. The summed E-state index contributed by atoms with van der Waals surface area (Å²) in [4.78, 5) is 0.180. The van der Waals surface area contributed by atoms with Gasteiger partial charge in [0.05, 0.1) is 10.1 Å². The highest BCUT2D eigenvalue weighted by Gasteiger charge is 2.56. The van der Waals surface area contributed by atoms with Crippen molar-refractivity contribution >= 4 is 28.5 Å². The third-order valence-electron chi connectivity index (χ3n) is 7.93. The predicted molar refractivity (Wildman–Crippen MR) is 162 cm³/mol. The average Bonchev–Trinajstić information content (AvgIpc) is 2.95. The Kier molecular flexibility index (Phi) is 9.21. The van der Waals surface area contributed by atoms with Crippen molar-refractivity contribution in [3.8, 4) is 0 Å². The predicted octanol–water partition coefficient (Wildman–Crippen LogP) is 6.71. The number of rotatable bonds is 12. The van der Waals surface area contributed by atoms with E-state index in [1.165, 1.54) is 6.07 Å². The highest BCUT2D eigenvalue weighted by molar-refractivity contribution is 7.89. The number of unbranched alkanes of at least 4 members (excludes halogenated alkanes) is 3. The Hall–Kier alpha value is -3.06. The van der Waals surface area contributed by atoms with Gasteiger partial charge in [-0.1, -0.05) is 146 Å². The minimum atomic E-state index is -4.02. The van der Waals surface area contributed by atoms with Crippen molar-refractivity contribution in [2.24, 2.45) is 0 Å². The van der Waals surface area contributed by atoms with Crippen LogP contribution in [-0.4, -0.2) is 16.5 Å². The summed E-state index contributed by atoms with van der Waals surface area (Å²) in [7, 11) is -7.12. The van der Waals surface area contributed by atoms with Crippen LogP contribution < -0.4 is 15.1 Å². The fourth-order valence-corrected chi connectivity index (χ4v) is 12.7. The van der Waals surface area contributed by atoms with E-state index in [1.807, 2.05) is 49.4 Å². The first-order valence-corrected chi connectivity index (χ1v) is 17.7. The Balaban J connectivity index is 2.06. The Morgan fingerprint density at radius 3 is 1.82 bits per heavy atom. The molecule has 0 saturated heterocycles. The molecule has 0 heterocycles. The molecule has 204 valence electrons. The molecule has 0 aromatic heterocycles. The molecule has 4 aromatic rings. The zero-order chi connectivity index (χ0) is 27.9. The van der Waals surface area contributed by atoms with Gasteiger partial charge in [0.1, 0.15) is 13.9 Å². The van der Waals surface area contributed by atoms with Gasteiger partial charge in [0.15, 0.2) is 0 Å². The SMILES string of the molecule is CCCCCCC(NS(=O)(=O)c1ccc(C)cc1)(c1ccccc1F)[Si](C)(c1ccccc1)c1ccccc1. The first-order chi connectivity index (χ1) is 18.7. The fourth-order valence-electron chi connectivity index (χ4n) is 5.69. The summed E-state index contributed by atoms with van der Waals surface area (Å²) in [6.45, 7) is 6.26. The van der Waals surface area contributed by atoms with E-state index in [4.69, 9.17) is 0 Å². The number of aryl methyl sites for hydroxylation is 1. The number of nitrogens with one attached hydrogen (secondary N) is 1. The summed E-state index contributed by atoms with van der Waals surface area (Å²) >= 11 is 0. The van der Waals surface area contributed by atoms with Crippen LogP contribution in [0.15, 0.2) is 114 Å². The molecule has 6 heteroatoms. The molecule has 0 saturated carbocycles. The largest absolute Gasteiger partial charge is 0.241 e. The minimum absolute atomic E-state index is 0.180. The Labute approximate surface area is 234 Å². The molecule has 1 atom stereocenters. The Bertz CT molecular complexity index is 1420. The Morgan fingerprint density at radius 2 is 1.28 bits per heavy atom. The minimum Gasteiger partial charge on any atom is -0.207 e. The van der Waals surface area contributed by atoms with Crippen molar-refractivity contribution in [3.63, 3.8) is 0 Å². The fraction of sp³-hybridized carbons (Fsp3) is 0.273. The van der Waals surface area contributed by atoms with Gasteiger partial charge in [0.25, 0.3) is 0 Å². The quantitative estimate of drug-likeness (QED) is 0.155. The van der Waals surface area contributed by atoms with Crippen molar-refractivity contribution in [1.29, 1.82) is 0 Å². The normalized spacial score (nSPS) is 13.6. The second-order valence-electron chi connectivity index (χ2n) is 10.5. The second kappa shape index (κ2) is 12.4. The average molecular weight is 560 g/mol. The zero-order valence-electron chi connectivity index (χ0n) is 23.0. The van der Waals surface area contributed by atoms with Crippen molar-refractivity contribution in [3.05, 3.63) is 126 Å². The van der Waals surface area contributed by atoms with Gasteiger partial charge in [-0.15, -0.1) is 0 Å². The van der Waals surface area contributed by atoms with Crippen LogP contribution in [0.5, 0.6) is 0 Å². The summed E-state index contributed by atoms with van der Waals surface area (Å²) < 4.78 is 47.7. The standard InChI is InChI=1S/C33H38FNO2SSi/c1-4-5-6-15-26-33(31-20-13-14-21-32(31)34,35-38(36,37)28-24-22-27(2)23-25-28)39(3,29-16-9-7-10-17-29)30-18-11-8-12-19-30/h7-14,16-25,35H,4-6,15,26H2,1-3H3. The monoisotopic (exact) mass is 559 g/mol. The molecule has 4 aromatic carbocycles. The van der Waals surface area contributed by atoms with E-state index in [1.54, 1.807) is 36.4 Å². The van der Waals surface area contributed by atoms with Crippen LogP contribution in [0.4, 0.5) is 4.39 Å². The molecular formula is C33H38FNO2SSi. The van der Waals surface area contributed by atoms with Gasteiger partial charge in [0, 0.05) is 5.56 Å². The number of sulfonamides is 1. The molecule has 1 N–H and O–H groups in total. The van der Waals surface area contributed by atoms with Gasteiger partial charge in [-0.05, 0) is 31.5 Å². The van der Waals surface area contributed by atoms with Gasteiger partial charge in [-0.25, -0.2) is 17.5 Å². The topological polar surface area (TPSA) is 46.2 Å². The van der Waals surface area contributed by atoms with Crippen LogP contribution in [0.1, 0.15) is 50.2 Å². The van der Waals surface area contributed by atoms with Crippen molar-refractivity contribution in [2.45, 2.75) is 62.6 Å². The summed E-state index contributed by atoms with van der Waals surface area (Å²) in [6, 6.07) is 33.7. The molecule has 1 unspecified atom stereocenters. The van der Waals surface area contributed by atoms with Gasteiger partial charge in [0.2, 0.25) is 10.0 Å². The molecule has 0 amide bonds. The number of hydrogen-bond donors (Lipinski definition) is 1. The summed E-state index contributed by atoms with van der Waals surface area (Å²) in [6.07, 6.45) is 4.26. The maximum Gasteiger partial charge on any atom is 0.241 e. The van der Waals surface area contributed by atoms with Crippen LogP contribution in [0.3, 0.4) is 0 Å². The molecular weight excluding hydrogens is 522 g/mol. The maximum atomic E-state index is 16.0. The molecule has 0 aliphatic heterocycles. The van der Waals surface area contributed by atoms with Crippen LogP contribution in [0, 0.1) is 12.7 Å². The molecule has 0 fully saturated rings. The van der Waals surface area contributed by atoms with Gasteiger partial charge in [-0.2, -0.15) is 0 Å². The number of halogens is 1. The van der Waals surface area contributed by atoms with E-state index < -0.39 is 29.1 Å². The van der Waals surface area contributed by atoms with E-state index in [0.717, 1.165) is 41.6 Å². The Morgan fingerprint density at radius 1 is 0.744 bits per heavy atom. The molecule has 0 spiro atoms. The van der Waals surface area contributed by atoms with E-state index >= 15 is 4.39 Å². The van der Waals surface area contributed by atoms with E-state index in [0.29, 0.717) is 12.0 Å². The van der Waals surface area contributed by atoms with Crippen molar-refractivity contribution in [2.75, 3.05) is 0 Å². The maximum absolute atomic E-state index is 16.0. The lowest BCUT2D eigenvalue weighted by Gasteiger charge is -2.49. The third kappa shape index (κ3) is 5.93. The van der Waals surface area contributed by atoms with Crippen LogP contribution in [0.25, 0.3) is 0 Å². The van der Waals surface area contributed by atoms with Gasteiger partial charge >= 0.3 is 0 Å². The van der Waals surface area contributed by atoms with Crippen LogP contribution in [-0.2, 0) is 15.2 Å². The lowest BCUT2D eigenvalue weighted by Crippen LogP contribution is -2.75. The van der Waals surface area contributed by atoms with Gasteiger partial charge < -0.3 is 0 Å². The lowest BCUT2D eigenvalue weighted by molar-refractivity contribution is 0.437. The van der Waals surface area contributed by atoms with Crippen molar-refractivity contribution < 1.29 is 12.8 Å². The number of hydrogen-bond acceptors (Lipinski definition) is 2. The molecule has 0 aliphatic rings. The highest BCUT2D eigenvalue weighted by Crippen LogP contribution is 2.40. The van der Waals surface area contributed by atoms with Crippen LogP contribution >= 0.6 is 0 Å². The number of benzene rings is 4. The molecule has 39 heavy (non-hydrogen) atoms. The zero-order valence-corrected chi connectivity index (χ0v) is 24.8. The van der Waals surface area contributed by atoms with Crippen LogP contribution in [0.2, 0.25) is 6.55 Å². The van der Waals surface area contributed by atoms with E-state index in [2.05, 4.69) is 42.5 Å². The molecule has 0 bridgehead atoms. The summed E-state index contributed by atoms with van der Waals surface area (Å²) in [5, 5.41) is 0.890. The van der Waals surface area contributed by atoms with E-state index in [-0.39, 0.29) is 4.90 Å². The summed E-state index contributed by atoms with van der Waals surface area (Å²) in [5.74, 6) is -0.398. The first-order valence-electron chi connectivity index (χ1n) is 13.7. The smallest absolute Gasteiger partial charge is 0.207 e. The summed E-state index contributed by atoms with van der Waals surface area (Å²) in [5.41, 5.74) is 1.38. The van der Waals surface area contributed by atoms with Gasteiger partial charge in [-0.3, -0.25) is 0 Å². The lowest BCUT2D eigenvalue weighted by atomic mass is 9.99. The molecule has 3 nitrogen and oxygen atoms in total. The second-order valence-corrected chi connectivity index (χ2v) is 16.4. The van der Waals surface area contributed by atoms with Crippen molar-refractivity contribution in [1.82, 2.24) is 4.72 Å². The molecule has 0 radical (unpaired) electrons. The highest BCUT2D eigenvalue weighted by atomic mass is 32.2.